The number of thiophene rings is 1. The molecule has 0 bridgehead atoms. The highest BCUT2D eigenvalue weighted by molar-refractivity contribution is 9.11. The molecule has 112 valence electrons. The van der Waals surface area contributed by atoms with Gasteiger partial charge in [-0.3, -0.25) is 9.59 Å². The molecule has 0 aliphatic carbocycles. The summed E-state index contributed by atoms with van der Waals surface area (Å²) in [5, 5.41) is 8.87. The van der Waals surface area contributed by atoms with Crippen LogP contribution in [0.25, 0.3) is 0 Å². The maximum Gasteiger partial charge on any atom is 0.261 e. The van der Waals surface area contributed by atoms with Crippen LogP contribution in [0.1, 0.15) is 21.4 Å². The van der Waals surface area contributed by atoms with E-state index in [9.17, 15) is 9.59 Å². The molecule has 0 fully saturated rings. The molecule has 0 unspecified atom stereocenters. The number of hydrogen-bond acceptors (Lipinski definition) is 6. The first-order valence-electron chi connectivity index (χ1n) is 6.14. The van der Waals surface area contributed by atoms with Crippen LogP contribution in [0.2, 0.25) is 0 Å². The summed E-state index contributed by atoms with van der Waals surface area (Å²) in [5.74, 6) is 0.495. The highest BCUT2D eigenvalue weighted by Crippen LogP contribution is 2.21. The number of carbonyl (C=O) groups excluding carboxylic acids is 2. The van der Waals surface area contributed by atoms with Gasteiger partial charge in [0.2, 0.25) is 11.8 Å². The fraction of sp³-hybridized carbons (Fsp3) is 0.333. The van der Waals surface area contributed by atoms with Crippen molar-refractivity contribution in [3.63, 3.8) is 0 Å². The van der Waals surface area contributed by atoms with Gasteiger partial charge in [-0.25, -0.2) is 0 Å². The van der Waals surface area contributed by atoms with Gasteiger partial charge in [-0.1, -0.05) is 5.16 Å². The minimum atomic E-state index is -0.270. The quantitative estimate of drug-likeness (QED) is 0.796. The molecule has 7 nitrogen and oxygen atoms in total. The molecule has 0 radical (unpaired) electrons. The maximum atomic E-state index is 11.7. The Kier molecular flexibility index (Phi) is 5.45. The Bertz CT molecular complexity index is 640. The summed E-state index contributed by atoms with van der Waals surface area (Å²) in [6.07, 6.45) is 0.457. The number of carbonyl (C=O) groups is 2. The summed E-state index contributed by atoms with van der Waals surface area (Å²) in [7, 11) is 0. The number of nitrogens with one attached hydrogen (secondary N) is 2. The fourth-order valence-corrected chi connectivity index (χ4v) is 2.80. The minimum Gasteiger partial charge on any atom is -0.354 e. The van der Waals surface area contributed by atoms with Gasteiger partial charge in [0.1, 0.15) is 0 Å². The largest absolute Gasteiger partial charge is 0.354 e. The van der Waals surface area contributed by atoms with E-state index in [1.165, 1.54) is 11.3 Å². The Morgan fingerprint density at radius 1 is 1.38 bits per heavy atom. The Morgan fingerprint density at radius 2 is 2.19 bits per heavy atom. The standard InChI is InChI=1S/C12H13BrN4O3S/c1-7-16-11(20-17-7)4-5-14-10(18)6-15-12(19)8-2-3-9(13)21-8/h2-3H,4-6H2,1H3,(H,14,18)(H,15,19). The van der Waals surface area contributed by atoms with Gasteiger partial charge in [-0.15, -0.1) is 11.3 Å². The molecule has 0 atom stereocenters. The van der Waals surface area contributed by atoms with Crippen molar-refractivity contribution in [2.24, 2.45) is 0 Å². The van der Waals surface area contributed by atoms with Crippen LogP contribution in [0.3, 0.4) is 0 Å². The van der Waals surface area contributed by atoms with E-state index in [4.69, 9.17) is 4.52 Å². The molecule has 0 aliphatic heterocycles. The van der Waals surface area contributed by atoms with Crippen LogP contribution in [0.15, 0.2) is 20.4 Å². The molecular formula is C12H13BrN4O3S. The van der Waals surface area contributed by atoms with Crippen LogP contribution < -0.4 is 10.6 Å². The van der Waals surface area contributed by atoms with E-state index in [1.54, 1.807) is 19.1 Å². The third kappa shape index (κ3) is 4.94. The third-order valence-electron chi connectivity index (χ3n) is 2.44. The number of aryl methyl sites for hydroxylation is 1. The zero-order chi connectivity index (χ0) is 15.2. The Hall–Kier alpha value is -1.74. The lowest BCUT2D eigenvalue weighted by Crippen LogP contribution is -2.37. The molecule has 21 heavy (non-hydrogen) atoms. The van der Waals surface area contributed by atoms with Gasteiger partial charge in [0.25, 0.3) is 5.91 Å². The molecule has 9 heteroatoms. The maximum absolute atomic E-state index is 11.7. The summed E-state index contributed by atoms with van der Waals surface area (Å²) in [5.41, 5.74) is 0. The second-order valence-corrected chi connectivity index (χ2v) is 6.58. The lowest BCUT2D eigenvalue weighted by molar-refractivity contribution is -0.120. The third-order valence-corrected chi connectivity index (χ3v) is 4.06. The number of nitrogens with zero attached hydrogens (tertiary/aromatic N) is 2. The highest BCUT2D eigenvalue weighted by Gasteiger charge is 2.10. The zero-order valence-electron chi connectivity index (χ0n) is 11.2. The van der Waals surface area contributed by atoms with Crippen LogP contribution in [-0.4, -0.2) is 35.0 Å². The van der Waals surface area contributed by atoms with E-state index in [2.05, 4.69) is 36.7 Å². The van der Waals surface area contributed by atoms with Crippen LogP contribution in [0.5, 0.6) is 0 Å². The zero-order valence-corrected chi connectivity index (χ0v) is 13.6. The van der Waals surface area contributed by atoms with Crippen molar-refractivity contribution >= 4 is 39.1 Å². The van der Waals surface area contributed by atoms with Gasteiger partial charge in [-0.05, 0) is 35.0 Å². The van der Waals surface area contributed by atoms with E-state index in [1.807, 2.05) is 0 Å². The number of halogens is 1. The molecule has 0 saturated carbocycles. The monoisotopic (exact) mass is 372 g/mol. The number of rotatable bonds is 6. The average molecular weight is 373 g/mol. The first kappa shape index (κ1) is 15.6. The Labute approximate surface area is 133 Å². The SMILES string of the molecule is Cc1noc(CCNC(=O)CNC(=O)c2ccc(Br)s2)n1. The lowest BCUT2D eigenvalue weighted by atomic mass is 10.4. The van der Waals surface area contributed by atoms with E-state index < -0.39 is 0 Å². The van der Waals surface area contributed by atoms with Crippen molar-refractivity contribution in [1.82, 2.24) is 20.8 Å². The molecule has 2 amide bonds. The van der Waals surface area contributed by atoms with Gasteiger partial charge < -0.3 is 15.2 Å². The van der Waals surface area contributed by atoms with Crippen molar-refractivity contribution in [3.05, 3.63) is 32.5 Å². The summed E-state index contributed by atoms with van der Waals surface area (Å²) in [6.45, 7) is 2.03. The summed E-state index contributed by atoms with van der Waals surface area (Å²) < 4.78 is 5.79. The van der Waals surface area contributed by atoms with Gasteiger partial charge >= 0.3 is 0 Å². The second kappa shape index (κ2) is 7.32. The number of aromatic nitrogens is 2. The van der Waals surface area contributed by atoms with Crippen molar-refractivity contribution in [2.75, 3.05) is 13.1 Å². The molecule has 2 rings (SSSR count). The molecule has 0 saturated heterocycles. The Balaban J connectivity index is 1.66. The van der Waals surface area contributed by atoms with E-state index >= 15 is 0 Å². The second-order valence-electron chi connectivity index (χ2n) is 4.12. The summed E-state index contributed by atoms with van der Waals surface area (Å²) >= 11 is 4.59. The highest BCUT2D eigenvalue weighted by atomic mass is 79.9. The summed E-state index contributed by atoms with van der Waals surface area (Å²) in [6, 6.07) is 3.48. The molecule has 0 aliphatic rings. The van der Waals surface area contributed by atoms with Crippen LogP contribution in [-0.2, 0) is 11.2 Å². The average Bonchev–Trinajstić information content (AvgIpc) is 3.05. The van der Waals surface area contributed by atoms with Crippen molar-refractivity contribution < 1.29 is 14.1 Å². The van der Waals surface area contributed by atoms with E-state index in [0.717, 1.165) is 3.79 Å². The van der Waals surface area contributed by atoms with E-state index in [0.29, 0.717) is 29.6 Å². The van der Waals surface area contributed by atoms with Gasteiger partial charge in [0.05, 0.1) is 15.2 Å². The number of hydrogen-bond donors (Lipinski definition) is 2. The van der Waals surface area contributed by atoms with Crippen molar-refractivity contribution in [2.45, 2.75) is 13.3 Å². The minimum absolute atomic E-state index is 0.0722. The van der Waals surface area contributed by atoms with Crippen molar-refractivity contribution in [1.29, 1.82) is 0 Å². The first-order valence-corrected chi connectivity index (χ1v) is 7.75. The predicted octanol–water partition coefficient (Wildman–Crippen LogP) is 1.29. The normalized spacial score (nSPS) is 10.4. The van der Waals surface area contributed by atoms with E-state index in [-0.39, 0.29) is 18.4 Å². The molecule has 2 N–H and O–H groups in total. The fourth-order valence-electron chi connectivity index (χ4n) is 1.50. The topological polar surface area (TPSA) is 97.1 Å². The van der Waals surface area contributed by atoms with Gasteiger partial charge in [0.15, 0.2) is 5.82 Å². The molecule has 2 aromatic rings. The summed E-state index contributed by atoms with van der Waals surface area (Å²) in [4.78, 5) is 27.9. The number of amides is 2. The van der Waals surface area contributed by atoms with Gasteiger partial charge in [0, 0.05) is 13.0 Å². The molecule has 0 aromatic carbocycles. The lowest BCUT2D eigenvalue weighted by Gasteiger charge is -2.04. The van der Waals surface area contributed by atoms with Gasteiger partial charge in [-0.2, -0.15) is 4.98 Å². The first-order chi connectivity index (χ1) is 10.0. The van der Waals surface area contributed by atoms with Crippen LogP contribution in [0, 0.1) is 6.92 Å². The predicted molar refractivity (Wildman–Crippen MR) is 80.1 cm³/mol. The van der Waals surface area contributed by atoms with Crippen LogP contribution in [0.4, 0.5) is 0 Å². The molecular weight excluding hydrogens is 360 g/mol. The smallest absolute Gasteiger partial charge is 0.261 e. The Morgan fingerprint density at radius 3 is 2.81 bits per heavy atom. The molecule has 2 heterocycles. The van der Waals surface area contributed by atoms with Crippen molar-refractivity contribution in [3.8, 4) is 0 Å². The molecule has 2 aromatic heterocycles. The van der Waals surface area contributed by atoms with Crippen LogP contribution >= 0.6 is 27.3 Å². The molecule has 0 spiro atoms.